The van der Waals surface area contributed by atoms with Crippen molar-refractivity contribution in [1.82, 2.24) is 0 Å². The molecule has 0 aromatic rings. The second-order valence-corrected chi connectivity index (χ2v) is 4.23. The van der Waals surface area contributed by atoms with Crippen molar-refractivity contribution in [2.45, 2.75) is 45.4 Å². The largest absolute Gasteiger partial charge is 0.463 e. The zero-order valence-corrected chi connectivity index (χ0v) is 11.8. The number of ether oxygens (including phenoxy) is 5. The summed E-state index contributed by atoms with van der Waals surface area (Å²) < 4.78 is 25.5. The molecule has 0 saturated carbocycles. The lowest BCUT2D eigenvalue weighted by atomic mass is 10.1. The average Bonchev–Trinajstić information content (AvgIpc) is 2.63. The highest BCUT2D eigenvalue weighted by atomic mass is 16.7. The molecule has 1 fully saturated rings. The number of methoxy groups -OCH3 is 1. The van der Waals surface area contributed by atoms with E-state index in [-0.39, 0.29) is 6.61 Å². The maximum absolute atomic E-state index is 11.1. The number of rotatable bonds is 5. The quantitative estimate of drug-likeness (QED) is 0.506. The summed E-state index contributed by atoms with van der Waals surface area (Å²) in [4.78, 5) is 33.1. The Labute approximate surface area is 116 Å². The van der Waals surface area contributed by atoms with Gasteiger partial charge in [0.1, 0.15) is 12.7 Å². The highest BCUT2D eigenvalue weighted by molar-refractivity contribution is 5.67. The normalized spacial score (nSPS) is 28.8. The van der Waals surface area contributed by atoms with Gasteiger partial charge in [-0.3, -0.25) is 14.4 Å². The standard InChI is InChI=1S/C12H18O8/c1-6(13)17-5-9-10(18-7(2)14)11(19-8(3)15)12(16-4)20-9/h9-12H,5H2,1-4H3/t9-,10+,11+,12?/m1/s1. The Bertz CT molecular complexity index is 380. The molecule has 0 aromatic heterocycles. The molecule has 1 aliphatic heterocycles. The van der Waals surface area contributed by atoms with Gasteiger partial charge in [-0.05, 0) is 0 Å². The van der Waals surface area contributed by atoms with Gasteiger partial charge in [-0.25, -0.2) is 0 Å². The third kappa shape index (κ3) is 4.46. The highest BCUT2D eigenvalue weighted by Gasteiger charge is 2.49. The molecule has 1 unspecified atom stereocenters. The van der Waals surface area contributed by atoms with Crippen molar-refractivity contribution in [2.75, 3.05) is 13.7 Å². The lowest BCUT2D eigenvalue weighted by Gasteiger charge is -2.22. The van der Waals surface area contributed by atoms with Crippen LogP contribution in [0, 0.1) is 0 Å². The smallest absolute Gasteiger partial charge is 0.303 e. The first-order chi connectivity index (χ1) is 9.35. The lowest BCUT2D eigenvalue weighted by molar-refractivity contribution is -0.181. The number of esters is 3. The number of carbonyl (C=O) groups is 3. The molecule has 0 radical (unpaired) electrons. The highest BCUT2D eigenvalue weighted by Crippen LogP contribution is 2.27. The molecule has 1 aliphatic rings. The molecule has 114 valence electrons. The predicted octanol–water partition coefficient (Wildman–Crippen LogP) is -0.216. The summed E-state index contributed by atoms with van der Waals surface area (Å²) in [5.74, 6) is -1.63. The molecule has 20 heavy (non-hydrogen) atoms. The molecular weight excluding hydrogens is 272 g/mol. The number of hydrogen-bond donors (Lipinski definition) is 0. The summed E-state index contributed by atoms with van der Waals surface area (Å²) in [5, 5.41) is 0. The van der Waals surface area contributed by atoms with Crippen molar-refractivity contribution >= 4 is 17.9 Å². The third-order valence-corrected chi connectivity index (χ3v) is 2.55. The molecule has 0 bridgehead atoms. The summed E-state index contributed by atoms with van der Waals surface area (Å²) in [6, 6.07) is 0. The molecular formula is C12H18O8. The number of carbonyl (C=O) groups excluding carboxylic acids is 3. The molecule has 4 atom stereocenters. The summed E-state index contributed by atoms with van der Waals surface area (Å²) >= 11 is 0. The van der Waals surface area contributed by atoms with Gasteiger partial charge in [0.25, 0.3) is 0 Å². The van der Waals surface area contributed by atoms with Crippen LogP contribution >= 0.6 is 0 Å². The van der Waals surface area contributed by atoms with Gasteiger partial charge in [-0.2, -0.15) is 0 Å². The molecule has 0 spiro atoms. The van der Waals surface area contributed by atoms with E-state index in [0.29, 0.717) is 0 Å². The molecule has 0 N–H and O–H groups in total. The van der Waals surface area contributed by atoms with Crippen molar-refractivity contribution in [2.24, 2.45) is 0 Å². The minimum Gasteiger partial charge on any atom is -0.463 e. The van der Waals surface area contributed by atoms with Crippen molar-refractivity contribution in [3.8, 4) is 0 Å². The van der Waals surface area contributed by atoms with Crippen molar-refractivity contribution in [3.05, 3.63) is 0 Å². The van der Waals surface area contributed by atoms with Crippen LogP contribution in [0.25, 0.3) is 0 Å². The first-order valence-corrected chi connectivity index (χ1v) is 6.01. The molecule has 1 saturated heterocycles. The Morgan fingerprint density at radius 3 is 1.95 bits per heavy atom. The fourth-order valence-electron chi connectivity index (χ4n) is 1.87. The van der Waals surface area contributed by atoms with E-state index in [0.717, 1.165) is 0 Å². The van der Waals surface area contributed by atoms with Gasteiger partial charge in [0.2, 0.25) is 0 Å². The molecule has 8 nitrogen and oxygen atoms in total. The first-order valence-electron chi connectivity index (χ1n) is 6.01. The van der Waals surface area contributed by atoms with E-state index in [9.17, 15) is 14.4 Å². The maximum atomic E-state index is 11.1. The van der Waals surface area contributed by atoms with Crippen LogP contribution in [0.2, 0.25) is 0 Å². The summed E-state index contributed by atoms with van der Waals surface area (Å²) in [6.45, 7) is 3.54. The van der Waals surface area contributed by atoms with Gasteiger partial charge in [-0.1, -0.05) is 0 Å². The summed E-state index contributed by atoms with van der Waals surface area (Å²) in [5.41, 5.74) is 0. The predicted molar refractivity (Wildman–Crippen MR) is 63.4 cm³/mol. The van der Waals surface area contributed by atoms with Crippen molar-refractivity contribution in [1.29, 1.82) is 0 Å². The van der Waals surface area contributed by atoms with Crippen LogP contribution in [0.15, 0.2) is 0 Å². The van der Waals surface area contributed by atoms with Crippen molar-refractivity contribution in [3.63, 3.8) is 0 Å². The lowest BCUT2D eigenvalue weighted by Crippen LogP contribution is -2.41. The summed E-state index contributed by atoms with van der Waals surface area (Å²) in [6.07, 6.45) is -3.48. The third-order valence-electron chi connectivity index (χ3n) is 2.55. The van der Waals surface area contributed by atoms with Crippen molar-refractivity contribution < 1.29 is 38.1 Å². The van der Waals surface area contributed by atoms with E-state index < -0.39 is 42.5 Å². The Balaban J connectivity index is 2.84. The minimum absolute atomic E-state index is 0.134. The van der Waals surface area contributed by atoms with E-state index in [2.05, 4.69) is 0 Å². The molecule has 1 rings (SSSR count). The second-order valence-electron chi connectivity index (χ2n) is 4.23. The average molecular weight is 290 g/mol. The zero-order chi connectivity index (χ0) is 15.3. The van der Waals surface area contributed by atoms with Gasteiger partial charge < -0.3 is 23.7 Å². The van der Waals surface area contributed by atoms with Crippen LogP contribution in [-0.4, -0.2) is 56.2 Å². The van der Waals surface area contributed by atoms with E-state index in [1.807, 2.05) is 0 Å². The van der Waals surface area contributed by atoms with Crippen LogP contribution in [0.4, 0.5) is 0 Å². The van der Waals surface area contributed by atoms with Gasteiger partial charge in [0.05, 0.1) is 0 Å². The minimum atomic E-state index is -0.915. The molecule has 0 aromatic carbocycles. The van der Waals surface area contributed by atoms with Crippen LogP contribution in [0.3, 0.4) is 0 Å². The van der Waals surface area contributed by atoms with Crippen LogP contribution in [0.1, 0.15) is 20.8 Å². The first kappa shape index (κ1) is 16.4. The van der Waals surface area contributed by atoms with E-state index in [1.54, 1.807) is 0 Å². The van der Waals surface area contributed by atoms with E-state index in [1.165, 1.54) is 27.9 Å². The van der Waals surface area contributed by atoms with Crippen LogP contribution < -0.4 is 0 Å². The van der Waals surface area contributed by atoms with Crippen LogP contribution in [-0.2, 0) is 38.1 Å². The molecule has 0 amide bonds. The van der Waals surface area contributed by atoms with Gasteiger partial charge in [0.15, 0.2) is 18.5 Å². The van der Waals surface area contributed by atoms with E-state index in [4.69, 9.17) is 23.7 Å². The topological polar surface area (TPSA) is 97.4 Å². The molecule has 8 heteroatoms. The Morgan fingerprint density at radius 2 is 1.50 bits per heavy atom. The Morgan fingerprint density at radius 1 is 0.950 bits per heavy atom. The van der Waals surface area contributed by atoms with E-state index >= 15 is 0 Å². The number of hydrogen-bond acceptors (Lipinski definition) is 8. The molecule has 1 heterocycles. The van der Waals surface area contributed by atoms with Crippen LogP contribution in [0.5, 0.6) is 0 Å². The second kappa shape index (κ2) is 7.20. The molecule has 0 aliphatic carbocycles. The van der Waals surface area contributed by atoms with Gasteiger partial charge >= 0.3 is 17.9 Å². The fourth-order valence-corrected chi connectivity index (χ4v) is 1.87. The zero-order valence-electron chi connectivity index (χ0n) is 11.8. The Hall–Kier alpha value is -1.67. The fraction of sp³-hybridized carbons (Fsp3) is 0.750. The monoisotopic (exact) mass is 290 g/mol. The van der Waals surface area contributed by atoms with Gasteiger partial charge in [-0.15, -0.1) is 0 Å². The Kier molecular flexibility index (Phi) is 5.90. The summed E-state index contributed by atoms with van der Waals surface area (Å²) in [7, 11) is 1.36. The maximum Gasteiger partial charge on any atom is 0.303 e. The SMILES string of the molecule is COC1O[C@H](COC(C)=O)[C@H](OC(C)=O)[C@@H]1OC(C)=O. The van der Waals surface area contributed by atoms with Gasteiger partial charge in [0, 0.05) is 27.9 Å².